The largest absolute Gasteiger partial charge is 0.466 e. The van der Waals surface area contributed by atoms with E-state index < -0.39 is 11.9 Å². The van der Waals surface area contributed by atoms with Gasteiger partial charge in [0.2, 0.25) is 0 Å². The van der Waals surface area contributed by atoms with E-state index >= 15 is 0 Å². The molecule has 1 heterocycles. The van der Waals surface area contributed by atoms with E-state index in [0.717, 1.165) is 17.3 Å². The van der Waals surface area contributed by atoms with E-state index in [2.05, 4.69) is 19.8 Å². The molecule has 0 atom stereocenters. The van der Waals surface area contributed by atoms with Crippen LogP contribution in [0.4, 0.5) is 5.69 Å². The number of nitrogens with zero attached hydrogens (tertiary/aromatic N) is 1. The van der Waals surface area contributed by atoms with Gasteiger partial charge in [-0.2, -0.15) is 0 Å². The van der Waals surface area contributed by atoms with Gasteiger partial charge in [0.15, 0.2) is 0 Å². The Morgan fingerprint density at radius 1 is 1.04 bits per heavy atom. The van der Waals surface area contributed by atoms with Crippen molar-refractivity contribution in [3.63, 3.8) is 0 Å². The van der Waals surface area contributed by atoms with Crippen molar-refractivity contribution in [1.29, 1.82) is 0 Å². The number of nitrogens with one attached hydrogen (secondary N) is 1. The molecular formula is C19H18N2O4. The molecule has 6 heteroatoms. The molecule has 2 aromatic rings. The molecular weight excluding hydrogens is 320 g/mol. The smallest absolute Gasteiger partial charge is 0.354 e. The highest BCUT2D eigenvalue weighted by Gasteiger charge is 2.12. The lowest BCUT2D eigenvalue weighted by Crippen LogP contribution is -2.15. The van der Waals surface area contributed by atoms with Crippen molar-refractivity contribution in [1.82, 2.24) is 4.98 Å². The van der Waals surface area contributed by atoms with Gasteiger partial charge in [0.1, 0.15) is 5.70 Å². The molecule has 0 aliphatic heterocycles. The first-order valence-corrected chi connectivity index (χ1v) is 7.46. The third kappa shape index (κ3) is 5.62. The summed E-state index contributed by atoms with van der Waals surface area (Å²) in [5.41, 5.74) is 2.35. The number of methoxy groups -OCH3 is 2. The molecule has 1 aromatic carbocycles. The van der Waals surface area contributed by atoms with Gasteiger partial charge < -0.3 is 14.8 Å². The van der Waals surface area contributed by atoms with Crippen molar-refractivity contribution in [3.8, 4) is 0 Å². The quantitative estimate of drug-likeness (QED) is 0.645. The molecule has 0 radical (unpaired) electrons. The molecule has 1 aromatic heterocycles. The lowest BCUT2D eigenvalue weighted by molar-refractivity contribution is -0.138. The molecule has 0 spiro atoms. The van der Waals surface area contributed by atoms with Gasteiger partial charge in [0, 0.05) is 11.9 Å². The number of pyridine rings is 1. The summed E-state index contributed by atoms with van der Waals surface area (Å²) in [6.45, 7) is 0. The van der Waals surface area contributed by atoms with Gasteiger partial charge in [0.25, 0.3) is 0 Å². The van der Waals surface area contributed by atoms with E-state index in [1.807, 2.05) is 48.6 Å². The van der Waals surface area contributed by atoms with Crippen molar-refractivity contribution < 1.29 is 19.1 Å². The van der Waals surface area contributed by atoms with E-state index in [1.54, 1.807) is 12.3 Å². The summed E-state index contributed by atoms with van der Waals surface area (Å²) in [4.78, 5) is 27.4. The summed E-state index contributed by atoms with van der Waals surface area (Å²) in [7, 11) is 2.47. The number of hydrogen-bond acceptors (Lipinski definition) is 6. The summed E-state index contributed by atoms with van der Waals surface area (Å²) < 4.78 is 9.21. The molecule has 1 N–H and O–H groups in total. The summed E-state index contributed by atoms with van der Waals surface area (Å²) in [5, 5.41) is 2.87. The Bertz CT molecular complexity index is 798. The Morgan fingerprint density at radius 3 is 2.56 bits per heavy atom. The normalized spacial score (nSPS) is 11.2. The molecule has 0 bridgehead atoms. The third-order valence-corrected chi connectivity index (χ3v) is 3.17. The maximum Gasteiger partial charge on any atom is 0.354 e. The van der Waals surface area contributed by atoms with Gasteiger partial charge in [-0.15, -0.1) is 0 Å². The van der Waals surface area contributed by atoms with E-state index in [0.29, 0.717) is 5.69 Å². The minimum Gasteiger partial charge on any atom is -0.466 e. The molecule has 0 saturated carbocycles. The van der Waals surface area contributed by atoms with Crippen molar-refractivity contribution in [2.75, 3.05) is 19.5 Å². The number of esters is 2. The van der Waals surface area contributed by atoms with E-state index in [4.69, 9.17) is 0 Å². The van der Waals surface area contributed by atoms with Crippen LogP contribution in [0.3, 0.4) is 0 Å². The number of rotatable bonds is 6. The van der Waals surface area contributed by atoms with E-state index in [9.17, 15) is 9.59 Å². The highest BCUT2D eigenvalue weighted by molar-refractivity contribution is 5.98. The second-order valence-corrected chi connectivity index (χ2v) is 4.91. The van der Waals surface area contributed by atoms with Crippen LogP contribution < -0.4 is 5.32 Å². The first-order valence-electron chi connectivity index (χ1n) is 7.46. The van der Waals surface area contributed by atoms with Gasteiger partial charge in [-0.25, -0.2) is 9.59 Å². The molecule has 0 unspecified atom stereocenters. The monoisotopic (exact) mass is 338 g/mol. The van der Waals surface area contributed by atoms with Crippen LogP contribution in [0.2, 0.25) is 0 Å². The van der Waals surface area contributed by atoms with Crippen molar-refractivity contribution in [2.24, 2.45) is 0 Å². The van der Waals surface area contributed by atoms with Gasteiger partial charge in [0.05, 0.1) is 26.0 Å². The second-order valence-electron chi connectivity index (χ2n) is 4.91. The number of anilines is 1. The fourth-order valence-electron chi connectivity index (χ4n) is 1.96. The lowest BCUT2D eigenvalue weighted by Gasteiger charge is -2.09. The van der Waals surface area contributed by atoms with Gasteiger partial charge in [-0.05, 0) is 35.9 Å². The van der Waals surface area contributed by atoms with Crippen LogP contribution in [0, 0.1) is 0 Å². The number of benzene rings is 1. The average Bonchev–Trinajstić information content (AvgIpc) is 2.66. The number of carbonyl (C=O) groups excluding carboxylic acids is 2. The van der Waals surface area contributed by atoms with Crippen LogP contribution in [0.1, 0.15) is 11.3 Å². The first-order chi connectivity index (χ1) is 12.1. The maximum atomic E-state index is 11.8. The topological polar surface area (TPSA) is 77.5 Å². The summed E-state index contributed by atoms with van der Waals surface area (Å²) in [6, 6.07) is 13.0. The number of aromatic nitrogens is 1. The minimum absolute atomic E-state index is 0.0137. The minimum atomic E-state index is -0.667. The molecule has 6 nitrogen and oxygen atoms in total. The average molecular weight is 338 g/mol. The zero-order valence-electron chi connectivity index (χ0n) is 13.9. The van der Waals surface area contributed by atoms with Crippen molar-refractivity contribution >= 4 is 29.8 Å². The Labute approximate surface area is 145 Å². The predicted octanol–water partition coefficient (Wildman–Crippen LogP) is 2.89. The first kappa shape index (κ1) is 17.9. The lowest BCUT2D eigenvalue weighted by atomic mass is 10.1. The molecule has 25 heavy (non-hydrogen) atoms. The Balaban J connectivity index is 2.19. The van der Waals surface area contributed by atoms with Gasteiger partial charge >= 0.3 is 11.9 Å². The van der Waals surface area contributed by atoms with Crippen LogP contribution in [0.5, 0.6) is 0 Å². The van der Waals surface area contributed by atoms with E-state index in [-0.39, 0.29) is 5.70 Å². The third-order valence-electron chi connectivity index (χ3n) is 3.17. The summed E-state index contributed by atoms with van der Waals surface area (Å²) in [5.74, 6) is -1.32. The second kappa shape index (κ2) is 9.02. The Morgan fingerprint density at radius 2 is 1.88 bits per heavy atom. The molecule has 0 aliphatic carbocycles. The van der Waals surface area contributed by atoms with Crippen molar-refractivity contribution in [3.05, 3.63) is 71.7 Å². The highest BCUT2D eigenvalue weighted by atomic mass is 16.5. The Hall–Kier alpha value is -3.41. The maximum absolute atomic E-state index is 11.8. The van der Waals surface area contributed by atoms with E-state index in [1.165, 1.54) is 14.2 Å². The van der Waals surface area contributed by atoms with Crippen LogP contribution >= 0.6 is 0 Å². The number of ether oxygens (including phenoxy) is 2. The zero-order valence-corrected chi connectivity index (χ0v) is 13.9. The van der Waals surface area contributed by atoms with Crippen LogP contribution in [-0.2, 0) is 19.1 Å². The fourth-order valence-corrected chi connectivity index (χ4v) is 1.96. The highest BCUT2D eigenvalue weighted by Crippen LogP contribution is 2.16. The van der Waals surface area contributed by atoms with Crippen molar-refractivity contribution in [2.45, 2.75) is 0 Å². The molecule has 128 valence electrons. The molecule has 0 saturated heterocycles. The van der Waals surface area contributed by atoms with Crippen LogP contribution in [0.25, 0.3) is 12.2 Å². The van der Waals surface area contributed by atoms with Gasteiger partial charge in [-0.1, -0.05) is 24.3 Å². The molecule has 0 amide bonds. The number of carbonyl (C=O) groups is 2. The van der Waals surface area contributed by atoms with Crippen LogP contribution in [-0.4, -0.2) is 31.1 Å². The predicted molar refractivity (Wildman–Crippen MR) is 95.3 cm³/mol. The SMILES string of the molecule is COC(=O)/C=C(/Nc1cccc(C=Cc2ccccn2)c1)C(=O)OC. The summed E-state index contributed by atoms with van der Waals surface area (Å²) in [6.07, 6.45) is 6.54. The molecule has 0 aliphatic rings. The fraction of sp³-hybridized carbons (Fsp3) is 0.105. The van der Waals surface area contributed by atoms with Gasteiger partial charge in [-0.3, -0.25) is 4.98 Å². The van der Waals surface area contributed by atoms with Crippen LogP contribution in [0.15, 0.2) is 60.4 Å². The molecule has 2 rings (SSSR count). The zero-order chi connectivity index (χ0) is 18.1. The standard InChI is InChI=1S/C19H18N2O4/c1-24-18(22)13-17(19(23)25-2)21-16-8-5-6-14(12-16)9-10-15-7-3-4-11-20-15/h3-13,21H,1-2H3/b10-9?,17-13+. The number of hydrogen-bond donors (Lipinski definition) is 1. The molecule has 0 fully saturated rings. The summed E-state index contributed by atoms with van der Waals surface area (Å²) >= 11 is 0. The Kier molecular flexibility index (Phi) is 6.47.